The topological polar surface area (TPSA) is 33.2 Å². The molecule has 0 spiro atoms. The van der Waals surface area contributed by atoms with Crippen LogP contribution in [-0.4, -0.2) is 22.8 Å². The highest BCUT2D eigenvalue weighted by molar-refractivity contribution is 6.42. The maximum absolute atomic E-state index is 13.1. The van der Waals surface area contributed by atoms with Crippen LogP contribution in [0.1, 0.15) is 41.4 Å². The van der Waals surface area contributed by atoms with Crippen molar-refractivity contribution in [3.05, 3.63) is 75.4 Å². The molecular weight excluding hydrogens is 367 g/mol. The molecule has 0 radical (unpaired) electrons. The Bertz CT molecular complexity index is 969. The Balaban J connectivity index is 1.96. The molecule has 0 saturated heterocycles. The Kier molecular flexibility index (Phi) is 5.49. The van der Waals surface area contributed by atoms with E-state index in [0.29, 0.717) is 22.2 Å². The lowest BCUT2D eigenvalue weighted by Gasteiger charge is -2.20. The first kappa shape index (κ1) is 18.7. The molecule has 0 aliphatic heterocycles. The number of pyridine rings is 1. The summed E-state index contributed by atoms with van der Waals surface area (Å²) in [6.45, 7) is 4.60. The Labute approximate surface area is 163 Å². The van der Waals surface area contributed by atoms with Gasteiger partial charge < -0.3 is 4.90 Å². The molecule has 2 aromatic carbocycles. The molecule has 1 aromatic heterocycles. The van der Waals surface area contributed by atoms with Crippen LogP contribution in [0.3, 0.4) is 0 Å². The van der Waals surface area contributed by atoms with E-state index in [4.69, 9.17) is 23.2 Å². The van der Waals surface area contributed by atoms with Crippen LogP contribution in [0, 0.1) is 0 Å². The van der Waals surface area contributed by atoms with Crippen LogP contribution >= 0.6 is 23.2 Å². The number of para-hydroxylation sites is 1. The van der Waals surface area contributed by atoms with Crippen LogP contribution < -0.4 is 0 Å². The van der Waals surface area contributed by atoms with E-state index in [0.717, 1.165) is 22.2 Å². The first-order valence-corrected chi connectivity index (χ1v) is 9.21. The molecule has 1 amide bonds. The summed E-state index contributed by atoms with van der Waals surface area (Å²) in [4.78, 5) is 19.5. The molecule has 0 aliphatic carbocycles. The maximum atomic E-state index is 13.1. The van der Waals surface area contributed by atoms with E-state index in [2.05, 4.69) is 18.8 Å². The molecule has 0 atom stereocenters. The minimum atomic E-state index is -0.0448. The zero-order valence-electron chi connectivity index (χ0n) is 15.0. The highest BCUT2D eigenvalue weighted by Gasteiger charge is 2.18. The van der Waals surface area contributed by atoms with Gasteiger partial charge in [0.1, 0.15) is 0 Å². The fourth-order valence-electron chi connectivity index (χ4n) is 2.86. The number of fused-ring (bicyclic) bond motifs is 1. The zero-order valence-corrected chi connectivity index (χ0v) is 16.5. The maximum Gasteiger partial charge on any atom is 0.254 e. The molecule has 0 saturated carbocycles. The second-order valence-electron chi connectivity index (χ2n) is 6.68. The summed E-state index contributed by atoms with van der Waals surface area (Å²) in [5, 5.41) is 1.86. The molecule has 134 valence electrons. The normalized spacial score (nSPS) is 11.2. The molecule has 0 bridgehead atoms. The van der Waals surface area contributed by atoms with Gasteiger partial charge in [0.15, 0.2) is 0 Å². The SMILES string of the molecule is CC(C)c1cc(C(=O)N(C)Cc2ccc(Cl)c(Cl)c2)c2ccccc2n1. The average molecular weight is 387 g/mol. The van der Waals surface area contributed by atoms with Crippen LogP contribution in [0.5, 0.6) is 0 Å². The average Bonchev–Trinajstić information content (AvgIpc) is 2.63. The van der Waals surface area contributed by atoms with Crippen molar-refractivity contribution in [2.75, 3.05) is 7.05 Å². The highest BCUT2D eigenvalue weighted by atomic mass is 35.5. The largest absolute Gasteiger partial charge is 0.337 e. The molecule has 3 nitrogen and oxygen atoms in total. The Morgan fingerprint density at radius 1 is 1.08 bits per heavy atom. The van der Waals surface area contributed by atoms with Crippen molar-refractivity contribution in [2.45, 2.75) is 26.3 Å². The lowest BCUT2D eigenvalue weighted by molar-refractivity contribution is 0.0787. The van der Waals surface area contributed by atoms with E-state index in [1.54, 1.807) is 24.1 Å². The van der Waals surface area contributed by atoms with Gasteiger partial charge in [-0.05, 0) is 35.7 Å². The van der Waals surface area contributed by atoms with Crippen molar-refractivity contribution >= 4 is 40.0 Å². The first-order valence-electron chi connectivity index (χ1n) is 8.46. The number of hydrogen-bond acceptors (Lipinski definition) is 2. The van der Waals surface area contributed by atoms with Crippen molar-refractivity contribution in [1.29, 1.82) is 0 Å². The summed E-state index contributed by atoms with van der Waals surface area (Å²) in [6.07, 6.45) is 0. The number of nitrogens with zero attached hydrogens (tertiary/aromatic N) is 2. The molecule has 0 N–H and O–H groups in total. The van der Waals surface area contributed by atoms with Crippen LogP contribution in [0.2, 0.25) is 10.0 Å². The van der Waals surface area contributed by atoms with Gasteiger partial charge in [0.25, 0.3) is 5.91 Å². The summed E-state index contributed by atoms with van der Waals surface area (Å²) in [5.41, 5.74) is 3.35. The van der Waals surface area contributed by atoms with Crippen molar-refractivity contribution in [3.8, 4) is 0 Å². The molecule has 5 heteroatoms. The third-order valence-corrected chi connectivity index (χ3v) is 5.05. The second kappa shape index (κ2) is 7.65. The third-order valence-electron chi connectivity index (χ3n) is 4.31. The van der Waals surface area contributed by atoms with Gasteiger partial charge in [-0.15, -0.1) is 0 Å². The van der Waals surface area contributed by atoms with E-state index < -0.39 is 0 Å². The van der Waals surface area contributed by atoms with Crippen LogP contribution in [0.4, 0.5) is 0 Å². The van der Waals surface area contributed by atoms with Gasteiger partial charge in [0.05, 0.1) is 21.1 Å². The van der Waals surface area contributed by atoms with Crippen molar-refractivity contribution in [2.24, 2.45) is 0 Å². The van der Waals surface area contributed by atoms with Gasteiger partial charge in [-0.2, -0.15) is 0 Å². The van der Waals surface area contributed by atoms with E-state index >= 15 is 0 Å². The van der Waals surface area contributed by atoms with Crippen LogP contribution in [0.25, 0.3) is 10.9 Å². The third kappa shape index (κ3) is 3.84. The molecule has 3 rings (SSSR count). The molecule has 26 heavy (non-hydrogen) atoms. The quantitative estimate of drug-likeness (QED) is 0.555. The Hall–Kier alpha value is -2.10. The predicted molar refractivity (Wildman–Crippen MR) is 108 cm³/mol. The summed E-state index contributed by atoms with van der Waals surface area (Å²) in [7, 11) is 1.79. The molecule has 1 heterocycles. The number of rotatable bonds is 4. The number of halogens is 2. The van der Waals surface area contributed by atoms with Crippen LogP contribution in [0.15, 0.2) is 48.5 Å². The first-order chi connectivity index (χ1) is 12.4. The van der Waals surface area contributed by atoms with Gasteiger partial charge >= 0.3 is 0 Å². The summed E-state index contributed by atoms with van der Waals surface area (Å²) >= 11 is 12.1. The standard InChI is InChI=1S/C21H20Cl2N2O/c1-13(2)20-11-16(15-6-4-5-7-19(15)24-20)21(26)25(3)12-14-8-9-17(22)18(23)10-14/h4-11,13H,12H2,1-3H3. The molecule has 0 unspecified atom stereocenters. The highest BCUT2D eigenvalue weighted by Crippen LogP contribution is 2.25. The number of aromatic nitrogens is 1. The molecule has 3 aromatic rings. The number of amides is 1. The minimum absolute atomic E-state index is 0.0448. The zero-order chi connectivity index (χ0) is 18.8. The van der Waals surface area contributed by atoms with E-state index in [1.807, 2.05) is 36.4 Å². The molecule has 0 fully saturated rings. The number of hydrogen-bond donors (Lipinski definition) is 0. The molecule has 0 aliphatic rings. The van der Waals surface area contributed by atoms with Gasteiger partial charge in [0.2, 0.25) is 0 Å². The fourth-order valence-corrected chi connectivity index (χ4v) is 3.18. The predicted octanol–water partition coefficient (Wildman–Crippen LogP) is 5.94. The van der Waals surface area contributed by atoms with E-state index in [9.17, 15) is 4.79 Å². The number of carbonyl (C=O) groups excluding carboxylic acids is 1. The van der Waals surface area contributed by atoms with Crippen molar-refractivity contribution in [3.63, 3.8) is 0 Å². The smallest absolute Gasteiger partial charge is 0.254 e. The van der Waals surface area contributed by atoms with Crippen LogP contribution in [-0.2, 0) is 6.54 Å². The lowest BCUT2D eigenvalue weighted by Crippen LogP contribution is -2.26. The van der Waals surface area contributed by atoms with Gasteiger partial charge in [-0.25, -0.2) is 0 Å². The number of carbonyl (C=O) groups is 1. The van der Waals surface area contributed by atoms with Gasteiger partial charge in [0, 0.05) is 24.7 Å². The van der Waals surface area contributed by atoms with E-state index in [1.165, 1.54) is 0 Å². The number of benzene rings is 2. The Morgan fingerprint density at radius 3 is 2.50 bits per heavy atom. The van der Waals surface area contributed by atoms with Gasteiger partial charge in [-0.1, -0.05) is 61.3 Å². The second-order valence-corrected chi connectivity index (χ2v) is 7.49. The summed E-state index contributed by atoms with van der Waals surface area (Å²) in [6, 6.07) is 15.1. The summed E-state index contributed by atoms with van der Waals surface area (Å²) < 4.78 is 0. The van der Waals surface area contributed by atoms with E-state index in [-0.39, 0.29) is 11.8 Å². The minimum Gasteiger partial charge on any atom is -0.337 e. The Morgan fingerprint density at radius 2 is 1.81 bits per heavy atom. The van der Waals surface area contributed by atoms with Gasteiger partial charge in [-0.3, -0.25) is 9.78 Å². The fraction of sp³-hybridized carbons (Fsp3) is 0.238. The summed E-state index contributed by atoms with van der Waals surface area (Å²) in [5.74, 6) is 0.197. The van der Waals surface area contributed by atoms with Crippen molar-refractivity contribution in [1.82, 2.24) is 9.88 Å². The molecular formula is C21H20Cl2N2O. The monoisotopic (exact) mass is 386 g/mol. The van der Waals surface area contributed by atoms with Crippen molar-refractivity contribution < 1.29 is 4.79 Å². The lowest BCUT2D eigenvalue weighted by atomic mass is 10.0.